The van der Waals surface area contributed by atoms with Gasteiger partial charge >= 0.3 is 0 Å². The second-order valence-corrected chi connectivity index (χ2v) is 5.76. The quantitative estimate of drug-likeness (QED) is 0.812. The molecule has 100 valence electrons. The standard InChI is InChI=1S/C14H12BrCl2NO/c15-12-7-9(1-6-13(12)17)14(8-19)18-11-4-2-10(16)3-5-11/h1-7,14,18-19H,8H2. The van der Waals surface area contributed by atoms with E-state index in [0.29, 0.717) is 10.0 Å². The van der Waals surface area contributed by atoms with Crippen LogP contribution in [0.1, 0.15) is 11.6 Å². The molecule has 0 aromatic heterocycles. The van der Waals surface area contributed by atoms with E-state index in [9.17, 15) is 5.11 Å². The Bertz CT molecular complexity index is 560. The summed E-state index contributed by atoms with van der Waals surface area (Å²) in [6, 6.07) is 12.7. The predicted molar refractivity (Wildman–Crippen MR) is 84.1 cm³/mol. The van der Waals surface area contributed by atoms with Crippen molar-refractivity contribution < 1.29 is 5.11 Å². The first-order valence-electron chi connectivity index (χ1n) is 5.68. The van der Waals surface area contributed by atoms with Crippen molar-refractivity contribution in [2.24, 2.45) is 0 Å². The van der Waals surface area contributed by atoms with Crippen LogP contribution in [0, 0.1) is 0 Å². The second-order valence-electron chi connectivity index (χ2n) is 4.06. The minimum atomic E-state index is -0.199. The Morgan fingerprint density at radius 1 is 1.11 bits per heavy atom. The van der Waals surface area contributed by atoms with Crippen molar-refractivity contribution in [1.82, 2.24) is 0 Å². The van der Waals surface area contributed by atoms with Gasteiger partial charge in [0.15, 0.2) is 0 Å². The highest BCUT2D eigenvalue weighted by Crippen LogP contribution is 2.28. The van der Waals surface area contributed by atoms with Crippen LogP contribution >= 0.6 is 39.1 Å². The highest BCUT2D eigenvalue weighted by Gasteiger charge is 2.11. The van der Waals surface area contributed by atoms with E-state index in [-0.39, 0.29) is 12.6 Å². The summed E-state index contributed by atoms with van der Waals surface area (Å²) in [5, 5.41) is 14.1. The maximum Gasteiger partial charge on any atom is 0.0745 e. The monoisotopic (exact) mass is 359 g/mol. The summed E-state index contributed by atoms with van der Waals surface area (Å²) in [7, 11) is 0. The number of aliphatic hydroxyl groups excluding tert-OH is 1. The Morgan fingerprint density at radius 2 is 1.79 bits per heavy atom. The first-order chi connectivity index (χ1) is 9.10. The average Bonchev–Trinajstić information content (AvgIpc) is 2.41. The van der Waals surface area contributed by atoms with Gasteiger partial charge in [0.1, 0.15) is 0 Å². The zero-order valence-corrected chi connectivity index (χ0v) is 13.0. The summed E-state index contributed by atoms with van der Waals surface area (Å²) < 4.78 is 0.808. The zero-order chi connectivity index (χ0) is 13.8. The van der Waals surface area contributed by atoms with Crippen LogP contribution in [-0.4, -0.2) is 11.7 Å². The minimum absolute atomic E-state index is 0.0172. The molecular formula is C14H12BrCl2NO. The summed E-state index contributed by atoms with van der Waals surface area (Å²) in [5.74, 6) is 0. The molecule has 0 radical (unpaired) electrons. The SMILES string of the molecule is OCC(Nc1ccc(Cl)cc1)c1ccc(Cl)c(Br)c1. The van der Waals surface area contributed by atoms with Gasteiger partial charge in [-0.25, -0.2) is 0 Å². The van der Waals surface area contributed by atoms with Crippen LogP contribution in [0.5, 0.6) is 0 Å². The van der Waals surface area contributed by atoms with Crippen molar-refractivity contribution in [2.75, 3.05) is 11.9 Å². The van der Waals surface area contributed by atoms with Gasteiger partial charge in [-0.1, -0.05) is 29.3 Å². The largest absolute Gasteiger partial charge is 0.394 e. The van der Waals surface area contributed by atoms with Crippen molar-refractivity contribution in [2.45, 2.75) is 6.04 Å². The number of anilines is 1. The summed E-state index contributed by atoms with van der Waals surface area (Å²) in [5.41, 5.74) is 1.85. The van der Waals surface area contributed by atoms with Crippen LogP contribution in [-0.2, 0) is 0 Å². The summed E-state index contributed by atoms with van der Waals surface area (Å²) in [4.78, 5) is 0. The molecule has 2 nitrogen and oxygen atoms in total. The lowest BCUT2D eigenvalue weighted by Crippen LogP contribution is -2.14. The van der Waals surface area contributed by atoms with E-state index >= 15 is 0 Å². The van der Waals surface area contributed by atoms with Crippen molar-refractivity contribution >= 4 is 44.8 Å². The van der Waals surface area contributed by atoms with Gasteiger partial charge in [0.25, 0.3) is 0 Å². The molecule has 0 heterocycles. The molecule has 1 atom stereocenters. The smallest absolute Gasteiger partial charge is 0.0745 e. The molecule has 0 bridgehead atoms. The maximum atomic E-state index is 9.52. The molecule has 0 saturated heterocycles. The van der Waals surface area contributed by atoms with Crippen molar-refractivity contribution in [3.63, 3.8) is 0 Å². The number of aliphatic hydroxyl groups is 1. The molecule has 19 heavy (non-hydrogen) atoms. The van der Waals surface area contributed by atoms with Gasteiger partial charge in [-0.2, -0.15) is 0 Å². The van der Waals surface area contributed by atoms with Crippen LogP contribution in [0.4, 0.5) is 5.69 Å². The highest BCUT2D eigenvalue weighted by atomic mass is 79.9. The fraction of sp³-hybridized carbons (Fsp3) is 0.143. The number of rotatable bonds is 4. The molecule has 0 fully saturated rings. The van der Waals surface area contributed by atoms with Gasteiger partial charge in [-0.3, -0.25) is 0 Å². The minimum Gasteiger partial charge on any atom is -0.394 e. The predicted octanol–water partition coefficient (Wildman–Crippen LogP) is 4.90. The third kappa shape index (κ3) is 3.86. The normalized spacial score (nSPS) is 12.2. The maximum absolute atomic E-state index is 9.52. The van der Waals surface area contributed by atoms with Crippen molar-refractivity contribution in [3.05, 3.63) is 62.5 Å². The average molecular weight is 361 g/mol. The molecule has 0 spiro atoms. The van der Waals surface area contributed by atoms with Crippen molar-refractivity contribution in [1.29, 1.82) is 0 Å². The van der Waals surface area contributed by atoms with Gasteiger partial charge in [0.2, 0.25) is 0 Å². The van der Waals surface area contributed by atoms with E-state index in [4.69, 9.17) is 23.2 Å². The van der Waals surface area contributed by atoms with Crippen LogP contribution in [0.2, 0.25) is 10.0 Å². The van der Waals surface area contributed by atoms with E-state index in [2.05, 4.69) is 21.2 Å². The number of nitrogens with one attached hydrogen (secondary N) is 1. The Hall–Kier alpha value is -0.740. The first kappa shape index (κ1) is 14.7. The van der Waals surface area contributed by atoms with Gasteiger partial charge in [0.05, 0.1) is 17.7 Å². The third-order valence-corrected chi connectivity index (χ3v) is 4.18. The van der Waals surface area contributed by atoms with Crippen LogP contribution in [0.25, 0.3) is 0 Å². The molecule has 2 aromatic carbocycles. The lowest BCUT2D eigenvalue weighted by atomic mass is 10.1. The summed E-state index contributed by atoms with van der Waals surface area (Å²) >= 11 is 15.2. The van der Waals surface area contributed by atoms with E-state index in [1.165, 1.54) is 0 Å². The molecule has 2 N–H and O–H groups in total. The fourth-order valence-corrected chi connectivity index (χ4v) is 2.35. The van der Waals surface area contributed by atoms with E-state index < -0.39 is 0 Å². The van der Waals surface area contributed by atoms with Gasteiger partial charge < -0.3 is 10.4 Å². The van der Waals surface area contributed by atoms with Crippen LogP contribution in [0.15, 0.2) is 46.9 Å². The van der Waals surface area contributed by atoms with E-state index in [1.807, 2.05) is 24.3 Å². The van der Waals surface area contributed by atoms with Crippen LogP contribution in [0.3, 0.4) is 0 Å². The second kappa shape index (κ2) is 6.62. The molecule has 1 unspecified atom stereocenters. The van der Waals surface area contributed by atoms with Gasteiger partial charge in [-0.15, -0.1) is 0 Å². The molecule has 2 rings (SSSR count). The molecular weight excluding hydrogens is 349 g/mol. The summed E-state index contributed by atoms with van der Waals surface area (Å²) in [6.45, 7) is -0.0172. The fourth-order valence-electron chi connectivity index (χ4n) is 1.71. The molecule has 0 aliphatic rings. The lowest BCUT2D eigenvalue weighted by molar-refractivity contribution is 0.276. The van der Waals surface area contributed by atoms with Crippen molar-refractivity contribution in [3.8, 4) is 0 Å². The highest BCUT2D eigenvalue weighted by molar-refractivity contribution is 9.10. The molecule has 0 aliphatic heterocycles. The van der Waals surface area contributed by atoms with E-state index in [0.717, 1.165) is 15.7 Å². The topological polar surface area (TPSA) is 32.3 Å². The Kier molecular flexibility index (Phi) is 5.11. The van der Waals surface area contributed by atoms with Gasteiger partial charge in [0, 0.05) is 15.2 Å². The molecule has 5 heteroatoms. The third-order valence-electron chi connectivity index (χ3n) is 2.71. The van der Waals surface area contributed by atoms with Gasteiger partial charge in [-0.05, 0) is 57.9 Å². The Balaban J connectivity index is 2.19. The summed E-state index contributed by atoms with van der Waals surface area (Å²) in [6.07, 6.45) is 0. The zero-order valence-electron chi connectivity index (χ0n) is 9.91. The number of hydrogen-bond acceptors (Lipinski definition) is 2. The first-order valence-corrected chi connectivity index (χ1v) is 7.23. The lowest BCUT2D eigenvalue weighted by Gasteiger charge is -2.18. The molecule has 0 saturated carbocycles. The number of hydrogen-bond donors (Lipinski definition) is 2. The molecule has 0 amide bonds. The number of benzene rings is 2. The van der Waals surface area contributed by atoms with Crippen LogP contribution < -0.4 is 5.32 Å². The Labute approximate surface area is 130 Å². The molecule has 0 aliphatic carbocycles. The number of halogens is 3. The molecule has 2 aromatic rings. The van der Waals surface area contributed by atoms with E-state index in [1.54, 1.807) is 18.2 Å². The Morgan fingerprint density at radius 3 is 2.37 bits per heavy atom.